The van der Waals surface area contributed by atoms with Gasteiger partial charge in [0.25, 0.3) is 0 Å². The number of hydrogen-bond donors (Lipinski definition) is 0. The fourth-order valence-corrected chi connectivity index (χ4v) is 3.21. The van der Waals surface area contributed by atoms with E-state index in [1.165, 1.54) is 0 Å². The van der Waals surface area contributed by atoms with Gasteiger partial charge in [0.2, 0.25) is 0 Å². The summed E-state index contributed by atoms with van der Waals surface area (Å²) in [4.78, 5) is 2.22. The first kappa shape index (κ1) is 19.0. The monoisotopic (exact) mass is 386 g/mol. The predicted molar refractivity (Wildman–Crippen MR) is 118 cm³/mol. The molecule has 29 heavy (non-hydrogen) atoms. The van der Waals surface area contributed by atoms with Gasteiger partial charge >= 0.3 is 0 Å². The van der Waals surface area contributed by atoms with Gasteiger partial charge in [-0.1, -0.05) is 49.4 Å². The zero-order valence-corrected chi connectivity index (χ0v) is 16.9. The molecule has 1 aromatic heterocycles. The number of hydrogen-bond acceptors (Lipinski definition) is 4. The largest absolute Gasteiger partial charge is 0.494 e. The Bertz CT molecular complexity index is 1040. The molecule has 1 heterocycles. The molecule has 148 valence electrons. The molecule has 0 saturated carbocycles. The standard InChI is InChI=1S/C24H26N4O/c1-19(2)16-17-29-22-14-12-21(13-15-22)27(20-8-4-3-5-9-20)18-28-24-11-7-6-10-23(24)25-26-28/h3-15,19H,16-18H2,1-2H3. The highest BCUT2D eigenvalue weighted by molar-refractivity contribution is 5.74. The maximum Gasteiger partial charge on any atom is 0.119 e. The molecule has 0 aliphatic heterocycles. The Morgan fingerprint density at radius 3 is 2.31 bits per heavy atom. The first-order chi connectivity index (χ1) is 14.2. The summed E-state index contributed by atoms with van der Waals surface area (Å²) >= 11 is 0. The summed E-state index contributed by atoms with van der Waals surface area (Å²) in [5.41, 5.74) is 4.09. The Morgan fingerprint density at radius 2 is 1.55 bits per heavy atom. The van der Waals surface area contributed by atoms with Crippen LogP contribution in [0.2, 0.25) is 0 Å². The van der Waals surface area contributed by atoms with Crippen LogP contribution < -0.4 is 9.64 Å². The second kappa shape index (κ2) is 8.78. The van der Waals surface area contributed by atoms with E-state index in [1.807, 2.05) is 59.3 Å². The van der Waals surface area contributed by atoms with Gasteiger partial charge in [-0.15, -0.1) is 5.10 Å². The molecule has 4 rings (SSSR count). The Labute approximate surface area is 171 Å². The number of fused-ring (bicyclic) bond motifs is 1. The lowest BCUT2D eigenvalue weighted by Crippen LogP contribution is -2.22. The number of benzene rings is 3. The maximum atomic E-state index is 5.87. The van der Waals surface area contributed by atoms with Crippen LogP contribution in [0.5, 0.6) is 5.75 Å². The van der Waals surface area contributed by atoms with Crippen LogP contribution >= 0.6 is 0 Å². The topological polar surface area (TPSA) is 43.2 Å². The minimum Gasteiger partial charge on any atom is -0.494 e. The summed E-state index contributed by atoms with van der Waals surface area (Å²) < 4.78 is 7.80. The molecular weight excluding hydrogens is 360 g/mol. The van der Waals surface area contributed by atoms with Crippen LogP contribution in [0.3, 0.4) is 0 Å². The van der Waals surface area contributed by atoms with Crippen molar-refractivity contribution in [1.29, 1.82) is 0 Å². The van der Waals surface area contributed by atoms with Gasteiger partial charge in [-0.2, -0.15) is 0 Å². The first-order valence-corrected chi connectivity index (χ1v) is 10.0. The normalized spacial score (nSPS) is 11.1. The third kappa shape index (κ3) is 4.57. The van der Waals surface area contributed by atoms with E-state index >= 15 is 0 Å². The summed E-state index contributed by atoms with van der Waals surface area (Å²) in [6, 6.07) is 26.6. The van der Waals surface area contributed by atoms with Crippen molar-refractivity contribution in [1.82, 2.24) is 15.0 Å². The first-order valence-electron chi connectivity index (χ1n) is 10.0. The molecule has 0 amide bonds. The average Bonchev–Trinajstić information content (AvgIpc) is 3.16. The number of anilines is 2. The fourth-order valence-electron chi connectivity index (χ4n) is 3.21. The van der Waals surface area contributed by atoms with Crippen LogP contribution in [0.4, 0.5) is 11.4 Å². The second-order valence-corrected chi connectivity index (χ2v) is 7.51. The summed E-state index contributed by atoms with van der Waals surface area (Å²) in [7, 11) is 0. The maximum absolute atomic E-state index is 5.87. The van der Waals surface area contributed by atoms with E-state index in [2.05, 4.69) is 53.3 Å². The molecular formula is C24H26N4O. The van der Waals surface area contributed by atoms with Gasteiger partial charge in [0, 0.05) is 11.4 Å². The van der Waals surface area contributed by atoms with E-state index in [4.69, 9.17) is 4.74 Å². The molecule has 0 saturated heterocycles. The van der Waals surface area contributed by atoms with Gasteiger partial charge in [0.05, 0.1) is 12.1 Å². The molecule has 0 N–H and O–H groups in total. The molecule has 0 bridgehead atoms. The fraction of sp³-hybridized carbons (Fsp3) is 0.250. The number of ether oxygens (including phenoxy) is 1. The van der Waals surface area contributed by atoms with Crippen LogP contribution in [0, 0.1) is 5.92 Å². The molecule has 5 heteroatoms. The van der Waals surface area contributed by atoms with Crippen LogP contribution in [-0.4, -0.2) is 21.6 Å². The summed E-state index contributed by atoms with van der Waals surface area (Å²) in [6.07, 6.45) is 1.05. The molecule has 5 nitrogen and oxygen atoms in total. The van der Waals surface area contributed by atoms with E-state index in [1.54, 1.807) is 0 Å². The van der Waals surface area contributed by atoms with Crippen molar-refractivity contribution in [2.24, 2.45) is 5.92 Å². The molecule has 4 aromatic rings. The van der Waals surface area contributed by atoms with Gasteiger partial charge in [-0.25, -0.2) is 4.68 Å². The molecule has 0 radical (unpaired) electrons. The highest BCUT2D eigenvalue weighted by Gasteiger charge is 2.13. The highest BCUT2D eigenvalue weighted by atomic mass is 16.5. The molecule has 0 unspecified atom stereocenters. The number of para-hydroxylation sites is 2. The SMILES string of the molecule is CC(C)CCOc1ccc(N(Cn2nnc3ccccc32)c2ccccc2)cc1. The molecule has 0 fully saturated rings. The molecule has 0 aliphatic carbocycles. The van der Waals surface area contributed by atoms with Crippen molar-refractivity contribution < 1.29 is 4.74 Å². The van der Waals surface area contributed by atoms with Gasteiger partial charge in [0.1, 0.15) is 17.9 Å². The summed E-state index contributed by atoms with van der Waals surface area (Å²) in [5.74, 6) is 1.54. The summed E-state index contributed by atoms with van der Waals surface area (Å²) in [6.45, 7) is 5.72. The minimum atomic E-state index is 0.568. The van der Waals surface area contributed by atoms with Gasteiger partial charge < -0.3 is 9.64 Å². The Hall–Kier alpha value is -3.34. The molecule has 0 aliphatic rings. The van der Waals surface area contributed by atoms with Crippen molar-refractivity contribution in [3.63, 3.8) is 0 Å². The van der Waals surface area contributed by atoms with Crippen molar-refractivity contribution in [3.05, 3.63) is 78.9 Å². The van der Waals surface area contributed by atoms with Crippen LogP contribution in [-0.2, 0) is 6.67 Å². The Kier molecular flexibility index (Phi) is 5.75. The summed E-state index contributed by atoms with van der Waals surface area (Å²) in [5, 5.41) is 8.65. The van der Waals surface area contributed by atoms with E-state index in [-0.39, 0.29) is 0 Å². The molecule has 0 spiro atoms. The Morgan fingerprint density at radius 1 is 0.862 bits per heavy atom. The quantitative estimate of drug-likeness (QED) is 0.392. The smallest absolute Gasteiger partial charge is 0.119 e. The third-order valence-corrected chi connectivity index (χ3v) is 4.88. The van der Waals surface area contributed by atoms with Crippen LogP contribution in [0.25, 0.3) is 11.0 Å². The zero-order valence-electron chi connectivity index (χ0n) is 16.9. The number of aromatic nitrogens is 3. The number of nitrogens with zero attached hydrogens (tertiary/aromatic N) is 4. The van der Waals surface area contributed by atoms with E-state index in [9.17, 15) is 0 Å². The second-order valence-electron chi connectivity index (χ2n) is 7.51. The highest BCUT2D eigenvalue weighted by Crippen LogP contribution is 2.28. The average molecular weight is 386 g/mol. The van der Waals surface area contributed by atoms with Crippen molar-refractivity contribution >= 4 is 22.4 Å². The van der Waals surface area contributed by atoms with Crippen LogP contribution in [0.1, 0.15) is 20.3 Å². The van der Waals surface area contributed by atoms with E-state index in [0.717, 1.165) is 41.2 Å². The van der Waals surface area contributed by atoms with Gasteiger partial charge in [0.15, 0.2) is 0 Å². The number of rotatable bonds is 8. The van der Waals surface area contributed by atoms with Gasteiger partial charge in [-0.05, 0) is 60.9 Å². The minimum absolute atomic E-state index is 0.568. The lowest BCUT2D eigenvalue weighted by molar-refractivity contribution is 0.289. The van der Waals surface area contributed by atoms with E-state index in [0.29, 0.717) is 12.6 Å². The molecule has 0 atom stereocenters. The lowest BCUT2D eigenvalue weighted by Gasteiger charge is -2.25. The zero-order chi connectivity index (χ0) is 20.1. The van der Waals surface area contributed by atoms with Crippen molar-refractivity contribution in [3.8, 4) is 5.75 Å². The third-order valence-electron chi connectivity index (χ3n) is 4.88. The van der Waals surface area contributed by atoms with Crippen molar-refractivity contribution in [2.45, 2.75) is 26.9 Å². The van der Waals surface area contributed by atoms with Gasteiger partial charge in [-0.3, -0.25) is 0 Å². The van der Waals surface area contributed by atoms with Crippen LogP contribution in [0.15, 0.2) is 78.9 Å². The van der Waals surface area contributed by atoms with Crippen molar-refractivity contribution in [2.75, 3.05) is 11.5 Å². The van der Waals surface area contributed by atoms with E-state index < -0.39 is 0 Å². The molecule has 3 aromatic carbocycles. The Balaban J connectivity index is 1.59. The predicted octanol–water partition coefficient (Wildman–Crippen LogP) is 5.65. The lowest BCUT2D eigenvalue weighted by atomic mass is 10.1.